The van der Waals surface area contributed by atoms with Crippen molar-refractivity contribution in [3.63, 3.8) is 0 Å². The molecule has 1 aliphatic rings. The predicted octanol–water partition coefficient (Wildman–Crippen LogP) is 8.59. The zero-order chi connectivity index (χ0) is 24.3. The zero-order valence-corrected chi connectivity index (χ0v) is 18.5. The van der Waals surface area contributed by atoms with Gasteiger partial charge in [0.05, 0.1) is 5.56 Å². The van der Waals surface area contributed by atoms with Crippen LogP contribution >= 0.6 is 0 Å². The fraction of sp³-hybridized carbons (Fsp3) is 0.520. The van der Waals surface area contributed by atoms with Crippen LogP contribution in [0.3, 0.4) is 0 Å². The van der Waals surface area contributed by atoms with E-state index >= 15 is 0 Å². The second-order valence-corrected chi connectivity index (χ2v) is 9.00. The minimum atomic E-state index is -5.31. The SMILES string of the molecule is CCCC1CCC(C(C)Cc2cc(F)c(-c3cc(F)c(OC(F)(F)F)c(F)c3)c(F)c2)CC1. The monoisotopic (exact) mass is 476 g/mol. The Balaban J connectivity index is 1.77. The van der Waals surface area contributed by atoms with Gasteiger partial charge in [0.25, 0.3) is 0 Å². The molecule has 33 heavy (non-hydrogen) atoms. The average molecular weight is 476 g/mol. The summed E-state index contributed by atoms with van der Waals surface area (Å²) < 4.78 is 97.8. The number of halogens is 7. The fourth-order valence-electron chi connectivity index (χ4n) is 4.93. The maximum atomic E-state index is 14.8. The van der Waals surface area contributed by atoms with Gasteiger partial charge in [-0.1, -0.05) is 39.5 Å². The lowest BCUT2D eigenvalue weighted by atomic mass is 9.73. The van der Waals surface area contributed by atoms with Gasteiger partial charge in [0.2, 0.25) is 5.75 Å². The Morgan fingerprint density at radius 2 is 1.42 bits per heavy atom. The van der Waals surface area contributed by atoms with Crippen LogP contribution in [0.5, 0.6) is 5.75 Å². The summed E-state index contributed by atoms with van der Waals surface area (Å²) in [5.74, 6) is -5.74. The molecule has 182 valence electrons. The quantitative estimate of drug-likeness (QED) is 0.364. The van der Waals surface area contributed by atoms with E-state index in [9.17, 15) is 30.7 Å². The van der Waals surface area contributed by atoms with Gasteiger partial charge in [0.1, 0.15) is 11.6 Å². The number of hydrogen-bond acceptors (Lipinski definition) is 1. The van der Waals surface area contributed by atoms with Crippen LogP contribution < -0.4 is 4.74 Å². The van der Waals surface area contributed by atoms with Gasteiger partial charge in [-0.25, -0.2) is 17.6 Å². The van der Waals surface area contributed by atoms with Crippen LogP contribution in [0.2, 0.25) is 0 Å². The van der Waals surface area contributed by atoms with E-state index in [0.29, 0.717) is 30.0 Å². The average Bonchev–Trinajstić information content (AvgIpc) is 2.70. The summed E-state index contributed by atoms with van der Waals surface area (Å²) in [5.41, 5.74) is -0.832. The van der Waals surface area contributed by atoms with Crippen molar-refractivity contribution in [2.75, 3.05) is 0 Å². The molecular weight excluding hydrogens is 449 g/mol. The lowest BCUT2D eigenvalue weighted by Gasteiger charge is -2.32. The third-order valence-electron chi connectivity index (χ3n) is 6.56. The van der Waals surface area contributed by atoms with Gasteiger partial charge < -0.3 is 4.74 Å². The van der Waals surface area contributed by atoms with Crippen LogP contribution in [-0.4, -0.2) is 6.36 Å². The first-order valence-corrected chi connectivity index (χ1v) is 11.2. The van der Waals surface area contributed by atoms with E-state index < -0.39 is 46.5 Å². The van der Waals surface area contributed by atoms with Crippen molar-refractivity contribution in [1.29, 1.82) is 0 Å². The van der Waals surface area contributed by atoms with E-state index in [1.807, 2.05) is 0 Å². The molecule has 1 fully saturated rings. The van der Waals surface area contributed by atoms with Crippen molar-refractivity contribution in [3.8, 4) is 16.9 Å². The molecule has 0 bridgehead atoms. The molecule has 1 saturated carbocycles. The van der Waals surface area contributed by atoms with Crippen molar-refractivity contribution >= 4 is 0 Å². The Kier molecular flexibility index (Phi) is 7.96. The van der Waals surface area contributed by atoms with E-state index in [-0.39, 0.29) is 5.92 Å². The lowest BCUT2D eigenvalue weighted by Crippen LogP contribution is -2.21. The molecule has 1 nitrogen and oxygen atoms in total. The summed E-state index contributed by atoms with van der Waals surface area (Å²) in [6, 6.07) is 3.08. The van der Waals surface area contributed by atoms with Crippen molar-refractivity contribution < 1.29 is 35.5 Å². The molecule has 0 saturated heterocycles. The van der Waals surface area contributed by atoms with E-state index in [4.69, 9.17) is 0 Å². The highest BCUT2D eigenvalue weighted by atomic mass is 19.4. The largest absolute Gasteiger partial charge is 0.573 e. The molecule has 0 N–H and O–H groups in total. The van der Waals surface area contributed by atoms with Gasteiger partial charge in [0.15, 0.2) is 11.6 Å². The zero-order valence-electron chi connectivity index (χ0n) is 18.5. The van der Waals surface area contributed by atoms with Crippen LogP contribution in [0, 0.1) is 41.0 Å². The Bertz CT molecular complexity index is 916. The summed E-state index contributed by atoms with van der Waals surface area (Å²) in [7, 11) is 0. The van der Waals surface area contributed by atoms with Crippen molar-refractivity contribution in [2.24, 2.45) is 17.8 Å². The van der Waals surface area contributed by atoms with Crippen molar-refractivity contribution in [1.82, 2.24) is 0 Å². The molecule has 0 spiro atoms. The molecule has 2 aromatic rings. The van der Waals surface area contributed by atoms with Crippen LogP contribution in [0.25, 0.3) is 11.1 Å². The predicted molar refractivity (Wildman–Crippen MR) is 112 cm³/mol. The summed E-state index contributed by atoms with van der Waals surface area (Å²) in [6.07, 6.45) is 2.03. The third kappa shape index (κ3) is 6.42. The summed E-state index contributed by atoms with van der Waals surface area (Å²) in [5, 5.41) is 0. The molecule has 0 amide bonds. The highest BCUT2D eigenvalue weighted by Gasteiger charge is 2.34. The molecule has 0 aromatic heterocycles. The normalized spacial score (nSPS) is 20.0. The Morgan fingerprint density at radius 1 is 0.879 bits per heavy atom. The van der Waals surface area contributed by atoms with Crippen LogP contribution in [0.1, 0.15) is 57.9 Å². The van der Waals surface area contributed by atoms with Gasteiger partial charge in [-0.3, -0.25) is 0 Å². The summed E-state index contributed by atoms with van der Waals surface area (Å²) in [6.45, 7) is 4.23. The fourth-order valence-corrected chi connectivity index (χ4v) is 4.93. The Morgan fingerprint density at radius 3 is 1.91 bits per heavy atom. The maximum Gasteiger partial charge on any atom is 0.573 e. The molecule has 1 unspecified atom stereocenters. The van der Waals surface area contributed by atoms with E-state index in [1.54, 1.807) is 0 Å². The number of rotatable bonds is 7. The Hall–Kier alpha value is -2.25. The second kappa shape index (κ2) is 10.3. The first kappa shape index (κ1) is 25.4. The van der Waals surface area contributed by atoms with Gasteiger partial charge in [-0.15, -0.1) is 13.2 Å². The number of benzene rings is 2. The van der Waals surface area contributed by atoms with Gasteiger partial charge in [-0.05, 0) is 72.4 Å². The second-order valence-electron chi connectivity index (χ2n) is 9.00. The summed E-state index contributed by atoms with van der Waals surface area (Å²) >= 11 is 0. The van der Waals surface area contributed by atoms with E-state index in [0.717, 1.165) is 43.7 Å². The molecule has 1 aliphatic carbocycles. The highest BCUT2D eigenvalue weighted by molar-refractivity contribution is 5.66. The molecule has 0 radical (unpaired) electrons. The smallest absolute Gasteiger partial charge is 0.399 e. The maximum absolute atomic E-state index is 14.8. The number of ether oxygens (including phenoxy) is 1. The lowest BCUT2D eigenvalue weighted by molar-refractivity contribution is -0.276. The molecule has 0 heterocycles. The molecule has 2 aromatic carbocycles. The minimum Gasteiger partial charge on any atom is -0.399 e. The van der Waals surface area contributed by atoms with Crippen molar-refractivity contribution in [2.45, 2.75) is 65.2 Å². The number of alkyl halides is 3. The van der Waals surface area contributed by atoms with E-state index in [1.165, 1.54) is 12.8 Å². The van der Waals surface area contributed by atoms with Crippen LogP contribution in [0.4, 0.5) is 30.7 Å². The third-order valence-corrected chi connectivity index (χ3v) is 6.56. The van der Waals surface area contributed by atoms with Gasteiger partial charge >= 0.3 is 6.36 Å². The summed E-state index contributed by atoms with van der Waals surface area (Å²) in [4.78, 5) is 0. The van der Waals surface area contributed by atoms with Gasteiger partial charge in [-0.2, -0.15) is 0 Å². The van der Waals surface area contributed by atoms with Crippen molar-refractivity contribution in [3.05, 3.63) is 53.1 Å². The standard InChI is InChI=1S/C25H27F7O/c1-3-4-15-5-7-17(8-6-15)14(2)9-16-10-19(26)23(20(27)11-16)18-12-21(28)24(22(29)13-18)33-25(30,31)32/h10-15,17H,3-9H2,1-2H3. The van der Waals surface area contributed by atoms with E-state index in [2.05, 4.69) is 18.6 Å². The minimum absolute atomic E-state index is 0.214. The van der Waals surface area contributed by atoms with Crippen LogP contribution in [-0.2, 0) is 6.42 Å². The highest BCUT2D eigenvalue weighted by Crippen LogP contribution is 2.38. The van der Waals surface area contributed by atoms with Crippen LogP contribution in [0.15, 0.2) is 24.3 Å². The first-order valence-electron chi connectivity index (χ1n) is 11.2. The topological polar surface area (TPSA) is 9.23 Å². The molecular formula is C25H27F7O. The molecule has 0 aliphatic heterocycles. The first-order chi connectivity index (χ1) is 15.5. The molecule has 3 rings (SSSR count). The molecule has 1 atom stereocenters. The Labute approximate surface area is 188 Å². The van der Waals surface area contributed by atoms with Gasteiger partial charge in [0, 0.05) is 0 Å². The molecule has 8 heteroatoms. The number of hydrogen-bond donors (Lipinski definition) is 0.